The molecule has 1 aromatic rings. The molecule has 0 aromatic heterocycles. The number of rotatable bonds is 7. The van der Waals surface area contributed by atoms with Gasteiger partial charge < -0.3 is 19.9 Å². The van der Waals surface area contributed by atoms with Gasteiger partial charge in [0.1, 0.15) is 44.3 Å². The van der Waals surface area contributed by atoms with Gasteiger partial charge in [-0.15, -0.1) is 0 Å². The van der Waals surface area contributed by atoms with Crippen LogP contribution >= 0.6 is 0 Å². The summed E-state index contributed by atoms with van der Waals surface area (Å²) in [4.78, 5) is 14.6. The number of halogens is 1. The lowest BCUT2D eigenvalue weighted by molar-refractivity contribution is -1.02. The third-order valence-corrected chi connectivity index (χ3v) is 4.47. The second-order valence-corrected chi connectivity index (χ2v) is 7.01. The number of carbonyl (C=O) groups excluding carboxylic acids is 1. The molecule has 1 aliphatic rings. The molecule has 5 nitrogen and oxygen atoms in total. The van der Waals surface area contributed by atoms with Crippen LogP contribution in [0.4, 0.5) is 4.39 Å². The number of quaternary nitrogens is 2. The molecule has 1 heterocycles. The van der Waals surface area contributed by atoms with Gasteiger partial charge in [-0.05, 0) is 24.1 Å². The summed E-state index contributed by atoms with van der Waals surface area (Å²) in [7, 11) is 1.62. The molecule has 1 aromatic carbocycles. The molecule has 24 heavy (non-hydrogen) atoms. The highest BCUT2D eigenvalue weighted by molar-refractivity contribution is 5.76. The third kappa shape index (κ3) is 5.76. The first-order valence-corrected chi connectivity index (χ1v) is 8.74. The number of hydrogen-bond acceptors (Lipinski definition) is 2. The fraction of sp³-hybridized carbons (Fsp3) is 0.611. The highest BCUT2D eigenvalue weighted by Gasteiger charge is 2.25. The largest absolute Gasteiger partial charge is 0.496 e. The van der Waals surface area contributed by atoms with Crippen LogP contribution in [0.1, 0.15) is 19.4 Å². The number of carbonyl (C=O) groups is 1. The minimum Gasteiger partial charge on any atom is -0.496 e. The number of nitrogens with one attached hydrogen (secondary N) is 3. The van der Waals surface area contributed by atoms with Crippen molar-refractivity contribution in [1.82, 2.24) is 5.32 Å². The van der Waals surface area contributed by atoms with Gasteiger partial charge in [-0.25, -0.2) is 4.39 Å². The number of amides is 1. The van der Waals surface area contributed by atoms with Crippen LogP contribution in [-0.4, -0.2) is 52.3 Å². The molecule has 6 heteroatoms. The van der Waals surface area contributed by atoms with Crippen molar-refractivity contribution >= 4 is 5.91 Å². The number of benzene rings is 1. The van der Waals surface area contributed by atoms with Crippen LogP contribution in [0, 0.1) is 11.7 Å². The van der Waals surface area contributed by atoms with Gasteiger partial charge in [-0.2, -0.15) is 0 Å². The van der Waals surface area contributed by atoms with Crippen molar-refractivity contribution in [2.24, 2.45) is 5.92 Å². The van der Waals surface area contributed by atoms with Crippen LogP contribution in [0.5, 0.6) is 5.75 Å². The number of methoxy groups -OCH3 is 1. The second-order valence-electron chi connectivity index (χ2n) is 7.01. The summed E-state index contributed by atoms with van der Waals surface area (Å²) < 4.78 is 18.8. The van der Waals surface area contributed by atoms with Crippen molar-refractivity contribution in [1.29, 1.82) is 0 Å². The molecular weight excluding hydrogens is 309 g/mol. The van der Waals surface area contributed by atoms with Crippen molar-refractivity contribution < 1.29 is 23.7 Å². The Morgan fingerprint density at radius 2 is 1.92 bits per heavy atom. The highest BCUT2D eigenvalue weighted by Crippen LogP contribution is 2.18. The summed E-state index contributed by atoms with van der Waals surface area (Å²) in [5, 5.41) is 2.98. The first-order chi connectivity index (χ1) is 11.5. The van der Waals surface area contributed by atoms with Crippen LogP contribution in [0.3, 0.4) is 0 Å². The number of piperazine rings is 1. The summed E-state index contributed by atoms with van der Waals surface area (Å²) in [6, 6.07) is 4.67. The highest BCUT2D eigenvalue weighted by atomic mass is 19.1. The van der Waals surface area contributed by atoms with E-state index in [2.05, 4.69) is 19.2 Å². The number of hydrogen-bond donors (Lipinski definition) is 3. The van der Waals surface area contributed by atoms with Gasteiger partial charge in [0, 0.05) is 6.54 Å². The van der Waals surface area contributed by atoms with Crippen LogP contribution in [-0.2, 0) is 11.3 Å². The molecule has 0 spiro atoms. The van der Waals surface area contributed by atoms with Gasteiger partial charge in [-0.1, -0.05) is 13.8 Å². The summed E-state index contributed by atoms with van der Waals surface area (Å²) in [5.74, 6) is 1.13. The van der Waals surface area contributed by atoms with E-state index in [9.17, 15) is 9.18 Å². The zero-order chi connectivity index (χ0) is 17.5. The van der Waals surface area contributed by atoms with E-state index in [1.54, 1.807) is 19.2 Å². The van der Waals surface area contributed by atoms with Crippen LogP contribution < -0.4 is 19.9 Å². The predicted octanol–water partition coefficient (Wildman–Crippen LogP) is -1.11. The van der Waals surface area contributed by atoms with E-state index in [1.807, 2.05) is 0 Å². The van der Waals surface area contributed by atoms with E-state index < -0.39 is 0 Å². The average molecular weight is 339 g/mol. The van der Waals surface area contributed by atoms with E-state index in [0.29, 0.717) is 12.5 Å². The van der Waals surface area contributed by atoms with Gasteiger partial charge in [0.15, 0.2) is 6.54 Å². The summed E-state index contributed by atoms with van der Waals surface area (Å²) >= 11 is 0. The predicted molar refractivity (Wildman–Crippen MR) is 90.8 cm³/mol. The Hall–Kier alpha value is -1.66. The molecule has 1 fully saturated rings. The molecule has 134 valence electrons. The van der Waals surface area contributed by atoms with Gasteiger partial charge >= 0.3 is 0 Å². The molecular formula is C18H30FN3O2+2. The second kappa shape index (κ2) is 8.99. The molecule has 3 N–H and O–H groups in total. The van der Waals surface area contributed by atoms with Gasteiger partial charge in [0.25, 0.3) is 5.91 Å². The summed E-state index contributed by atoms with van der Waals surface area (Å²) in [6.07, 6.45) is 0. The Morgan fingerprint density at radius 1 is 1.25 bits per heavy atom. The van der Waals surface area contributed by atoms with E-state index in [0.717, 1.165) is 50.6 Å². The third-order valence-electron chi connectivity index (χ3n) is 4.47. The molecule has 0 bridgehead atoms. The van der Waals surface area contributed by atoms with E-state index in [-0.39, 0.29) is 11.7 Å². The Kier molecular flexibility index (Phi) is 6.99. The van der Waals surface area contributed by atoms with Crippen molar-refractivity contribution in [2.75, 3.05) is 46.4 Å². The molecule has 0 aliphatic carbocycles. The maximum Gasteiger partial charge on any atom is 0.275 e. The Labute approximate surface area is 143 Å². The van der Waals surface area contributed by atoms with Crippen molar-refractivity contribution in [3.8, 4) is 5.75 Å². The van der Waals surface area contributed by atoms with E-state index in [4.69, 9.17) is 4.74 Å². The molecule has 1 amide bonds. The van der Waals surface area contributed by atoms with Crippen LogP contribution in [0.15, 0.2) is 18.2 Å². The molecule has 0 radical (unpaired) electrons. The van der Waals surface area contributed by atoms with Crippen molar-refractivity contribution in [2.45, 2.75) is 20.4 Å². The first kappa shape index (κ1) is 18.7. The van der Waals surface area contributed by atoms with Crippen molar-refractivity contribution in [3.05, 3.63) is 29.6 Å². The Balaban J connectivity index is 1.79. The van der Waals surface area contributed by atoms with E-state index >= 15 is 0 Å². The minimum atomic E-state index is -0.226. The summed E-state index contributed by atoms with van der Waals surface area (Å²) in [6.45, 7) is 10.1. The smallest absolute Gasteiger partial charge is 0.275 e. The van der Waals surface area contributed by atoms with Gasteiger partial charge in [0.05, 0.1) is 12.7 Å². The van der Waals surface area contributed by atoms with Crippen molar-refractivity contribution in [3.63, 3.8) is 0 Å². The standard InChI is InChI=1S/C18H28FN3O2/c1-14(2)11-20-18(23)13-22-8-6-21(7-9-22)12-15-10-16(19)4-5-17(15)24-3/h4-5,10,14H,6-9,11-13H2,1-3H3,(H,20,23)/p+2. The van der Waals surface area contributed by atoms with E-state index in [1.165, 1.54) is 15.9 Å². The lowest BCUT2D eigenvalue weighted by atomic mass is 10.1. The zero-order valence-corrected chi connectivity index (χ0v) is 15.0. The van der Waals surface area contributed by atoms with Gasteiger partial charge in [0.2, 0.25) is 0 Å². The maximum atomic E-state index is 13.5. The minimum absolute atomic E-state index is 0.133. The SMILES string of the molecule is COc1ccc(F)cc1C[NH+]1CC[NH+](CC(=O)NCC(C)C)CC1. The summed E-state index contributed by atoms with van der Waals surface area (Å²) in [5.41, 5.74) is 0.908. The molecule has 1 aliphatic heterocycles. The average Bonchev–Trinajstić information content (AvgIpc) is 2.55. The maximum absolute atomic E-state index is 13.5. The fourth-order valence-electron chi connectivity index (χ4n) is 3.07. The normalized spacial score (nSPS) is 20.9. The topological polar surface area (TPSA) is 47.2 Å². The van der Waals surface area contributed by atoms with Crippen LogP contribution in [0.2, 0.25) is 0 Å². The Bertz CT molecular complexity index is 543. The molecule has 0 unspecified atom stereocenters. The quantitative estimate of drug-likeness (QED) is 0.590. The zero-order valence-electron chi connectivity index (χ0n) is 15.0. The molecule has 0 atom stereocenters. The van der Waals surface area contributed by atoms with Gasteiger partial charge in [-0.3, -0.25) is 4.79 Å². The van der Waals surface area contributed by atoms with Crippen LogP contribution in [0.25, 0.3) is 0 Å². The fourth-order valence-corrected chi connectivity index (χ4v) is 3.07. The molecule has 0 saturated carbocycles. The first-order valence-electron chi connectivity index (χ1n) is 8.74. The molecule has 2 rings (SSSR count). The molecule has 1 saturated heterocycles. The lowest BCUT2D eigenvalue weighted by Gasteiger charge is -2.29. The lowest BCUT2D eigenvalue weighted by Crippen LogP contribution is -3.28. The Morgan fingerprint density at radius 3 is 2.54 bits per heavy atom. The monoisotopic (exact) mass is 339 g/mol. The number of ether oxygens (including phenoxy) is 1.